The molecule has 0 aromatic heterocycles. The average Bonchev–Trinajstić information content (AvgIpc) is 2.55. The van der Waals surface area contributed by atoms with Gasteiger partial charge in [0.15, 0.2) is 6.29 Å². The number of unbranched alkanes of at least 4 members (excludes halogenated alkanes) is 1. The first-order chi connectivity index (χ1) is 11.1. The molecular weight excluding hydrogens is 294 g/mol. The minimum absolute atomic E-state index is 0.0156. The van der Waals surface area contributed by atoms with E-state index in [-0.39, 0.29) is 12.2 Å². The summed E-state index contributed by atoms with van der Waals surface area (Å²) in [5.41, 5.74) is 2.06. The third-order valence-corrected chi connectivity index (χ3v) is 3.36. The molecule has 23 heavy (non-hydrogen) atoms. The number of aryl methyl sites for hydroxylation is 1. The van der Waals surface area contributed by atoms with E-state index < -0.39 is 5.97 Å². The van der Waals surface area contributed by atoms with Gasteiger partial charge >= 0.3 is 5.97 Å². The molecule has 0 saturated heterocycles. The first-order valence-corrected chi connectivity index (χ1v) is 7.79. The summed E-state index contributed by atoms with van der Waals surface area (Å²) in [6, 6.07) is 7.85. The summed E-state index contributed by atoms with van der Waals surface area (Å²) in [5.74, 6) is -0.599. The SMILES string of the molecule is CCOC(=O)/C(C=O)=C/N(CCCCOC)c1ccccc1C. The topological polar surface area (TPSA) is 55.8 Å². The van der Waals surface area contributed by atoms with Crippen molar-refractivity contribution in [3.8, 4) is 0 Å². The van der Waals surface area contributed by atoms with Crippen molar-refractivity contribution in [1.29, 1.82) is 0 Å². The molecule has 1 aromatic rings. The zero-order valence-electron chi connectivity index (χ0n) is 14.1. The Balaban J connectivity index is 3.00. The van der Waals surface area contributed by atoms with Crippen LogP contribution < -0.4 is 4.90 Å². The van der Waals surface area contributed by atoms with Crippen LogP contribution in [0.1, 0.15) is 25.3 Å². The predicted octanol–water partition coefficient (Wildman–Crippen LogP) is 2.87. The van der Waals surface area contributed by atoms with Crippen molar-refractivity contribution >= 4 is 17.9 Å². The van der Waals surface area contributed by atoms with E-state index in [1.165, 1.54) is 0 Å². The van der Waals surface area contributed by atoms with E-state index in [9.17, 15) is 9.59 Å². The second-order valence-corrected chi connectivity index (χ2v) is 5.10. The molecule has 0 saturated carbocycles. The molecule has 0 unspecified atom stereocenters. The highest BCUT2D eigenvalue weighted by molar-refractivity contribution is 6.07. The van der Waals surface area contributed by atoms with Crippen LogP contribution in [0, 0.1) is 6.92 Å². The number of para-hydroxylation sites is 1. The fraction of sp³-hybridized carbons (Fsp3) is 0.444. The summed E-state index contributed by atoms with van der Waals surface area (Å²) in [4.78, 5) is 25.0. The van der Waals surface area contributed by atoms with Gasteiger partial charge in [-0.05, 0) is 38.3 Å². The second kappa shape index (κ2) is 10.6. The highest BCUT2D eigenvalue weighted by Gasteiger charge is 2.14. The molecule has 5 nitrogen and oxygen atoms in total. The van der Waals surface area contributed by atoms with Gasteiger partial charge in [0, 0.05) is 32.1 Å². The molecule has 0 aliphatic heterocycles. The lowest BCUT2D eigenvalue weighted by Crippen LogP contribution is -2.22. The third kappa shape index (κ3) is 6.24. The van der Waals surface area contributed by atoms with Gasteiger partial charge in [0.1, 0.15) is 5.57 Å². The Hall–Kier alpha value is -2.14. The average molecular weight is 319 g/mol. The van der Waals surface area contributed by atoms with Gasteiger partial charge in [0.25, 0.3) is 0 Å². The molecule has 0 aliphatic rings. The number of rotatable bonds is 10. The van der Waals surface area contributed by atoms with Gasteiger partial charge < -0.3 is 14.4 Å². The van der Waals surface area contributed by atoms with Crippen molar-refractivity contribution in [3.05, 3.63) is 41.6 Å². The number of hydrogen-bond donors (Lipinski definition) is 0. The van der Waals surface area contributed by atoms with Gasteiger partial charge in [-0.25, -0.2) is 4.79 Å². The Morgan fingerprint density at radius 1 is 1.26 bits per heavy atom. The molecule has 0 amide bonds. The lowest BCUT2D eigenvalue weighted by molar-refractivity contribution is -0.139. The van der Waals surface area contributed by atoms with Gasteiger partial charge in [-0.2, -0.15) is 0 Å². The first kappa shape index (κ1) is 18.9. The summed E-state index contributed by atoms with van der Waals surface area (Å²) >= 11 is 0. The number of benzene rings is 1. The summed E-state index contributed by atoms with van der Waals surface area (Å²) in [5, 5.41) is 0. The van der Waals surface area contributed by atoms with Gasteiger partial charge in [-0.3, -0.25) is 4.79 Å². The molecule has 1 aromatic carbocycles. The molecule has 0 spiro atoms. The van der Waals surface area contributed by atoms with Crippen LogP contribution in [0.2, 0.25) is 0 Å². The van der Waals surface area contributed by atoms with Crippen LogP contribution in [0.15, 0.2) is 36.0 Å². The van der Waals surface area contributed by atoms with Crippen LogP contribution in [0.4, 0.5) is 5.69 Å². The number of carbonyl (C=O) groups is 2. The molecule has 0 bridgehead atoms. The second-order valence-electron chi connectivity index (χ2n) is 5.10. The van der Waals surface area contributed by atoms with E-state index in [0.717, 1.165) is 24.1 Å². The van der Waals surface area contributed by atoms with E-state index in [2.05, 4.69) is 0 Å². The zero-order chi connectivity index (χ0) is 17.1. The normalized spacial score (nSPS) is 11.2. The molecule has 0 fully saturated rings. The maximum atomic E-state index is 11.8. The smallest absolute Gasteiger partial charge is 0.342 e. The van der Waals surface area contributed by atoms with Crippen molar-refractivity contribution in [2.45, 2.75) is 26.7 Å². The molecule has 1 rings (SSSR count). The van der Waals surface area contributed by atoms with Crippen LogP contribution in [-0.2, 0) is 19.1 Å². The van der Waals surface area contributed by atoms with Gasteiger partial charge in [-0.15, -0.1) is 0 Å². The number of anilines is 1. The van der Waals surface area contributed by atoms with Gasteiger partial charge in [0.2, 0.25) is 0 Å². The van der Waals surface area contributed by atoms with Crippen molar-refractivity contribution < 1.29 is 19.1 Å². The van der Waals surface area contributed by atoms with E-state index in [1.54, 1.807) is 20.2 Å². The van der Waals surface area contributed by atoms with Crippen molar-refractivity contribution in [2.75, 3.05) is 31.8 Å². The van der Waals surface area contributed by atoms with E-state index in [4.69, 9.17) is 9.47 Å². The number of carbonyl (C=O) groups excluding carboxylic acids is 2. The van der Waals surface area contributed by atoms with Crippen LogP contribution in [0.3, 0.4) is 0 Å². The molecule has 5 heteroatoms. The van der Waals surface area contributed by atoms with E-state index in [1.807, 2.05) is 36.1 Å². The summed E-state index contributed by atoms with van der Waals surface area (Å²) in [6.45, 7) is 5.32. The molecular formula is C18H25NO4. The number of methoxy groups -OCH3 is 1. The lowest BCUT2D eigenvalue weighted by Gasteiger charge is -2.23. The Labute approximate surface area is 137 Å². The molecule has 0 heterocycles. The van der Waals surface area contributed by atoms with Crippen LogP contribution in [0.25, 0.3) is 0 Å². The Morgan fingerprint density at radius 3 is 2.61 bits per heavy atom. The van der Waals surface area contributed by atoms with Crippen LogP contribution in [-0.4, -0.2) is 39.1 Å². The van der Waals surface area contributed by atoms with Crippen molar-refractivity contribution in [2.24, 2.45) is 0 Å². The van der Waals surface area contributed by atoms with Gasteiger partial charge in [0.05, 0.1) is 6.61 Å². The maximum absolute atomic E-state index is 11.8. The molecule has 0 aliphatic carbocycles. The highest BCUT2D eigenvalue weighted by Crippen LogP contribution is 2.21. The number of aldehydes is 1. The number of ether oxygens (including phenoxy) is 2. The highest BCUT2D eigenvalue weighted by atomic mass is 16.5. The number of hydrogen-bond acceptors (Lipinski definition) is 5. The first-order valence-electron chi connectivity index (χ1n) is 7.79. The van der Waals surface area contributed by atoms with Gasteiger partial charge in [-0.1, -0.05) is 18.2 Å². The van der Waals surface area contributed by atoms with E-state index >= 15 is 0 Å². The Morgan fingerprint density at radius 2 is 2.00 bits per heavy atom. The molecule has 0 atom stereocenters. The third-order valence-electron chi connectivity index (χ3n) is 3.36. The summed E-state index contributed by atoms with van der Waals surface area (Å²) in [6.07, 6.45) is 3.90. The van der Waals surface area contributed by atoms with Crippen molar-refractivity contribution in [3.63, 3.8) is 0 Å². The standard InChI is InChI=1S/C18H25NO4/c1-4-23-18(21)16(14-20)13-19(11-7-8-12-22-3)17-10-6-5-9-15(17)2/h5-6,9-10,13-14H,4,7-8,11-12H2,1-3H3/b16-13+. The minimum atomic E-state index is -0.599. The summed E-state index contributed by atoms with van der Waals surface area (Å²) in [7, 11) is 1.67. The summed E-state index contributed by atoms with van der Waals surface area (Å²) < 4.78 is 9.98. The molecule has 0 N–H and O–H groups in total. The Bertz CT molecular complexity index is 540. The van der Waals surface area contributed by atoms with Crippen LogP contribution in [0.5, 0.6) is 0 Å². The number of nitrogens with zero attached hydrogens (tertiary/aromatic N) is 1. The fourth-order valence-corrected chi connectivity index (χ4v) is 2.18. The van der Waals surface area contributed by atoms with E-state index in [0.29, 0.717) is 19.4 Å². The zero-order valence-corrected chi connectivity index (χ0v) is 14.1. The van der Waals surface area contributed by atoms with Crippen LogP contribution >= 0.6 is 0 Å². The Kier molecular flexibility index (Phi) is 8.68. The molecule has 126 valence electrons. The number of esters is 1. The maximum Gasteiger partial charge on any atom is 0.342 e. The van der Waals surface area contributed by atoms with Crippen molar-refractivity contribution in [1.82, 2.24) is 0 Å². The molecule has 0 radical (unpaired) electrons. The fourth-order valence-electron chi connectivity index (χ4n) is 2.18. The lowest BCUT2D eigenvalue weighted by atomic mass is 10.1. The quantitative estimate of drug-likeness (QED) is 0.166. The monoisotopic (exact) mass is 319 g/mol. The minimum Gasteiger partial charge on any atom is -0.462 e. The predicted molar refractivity (Wildman–Crippen MR) is 90.4 cm³/mol. The largest absolute Gasteiger partial charge is 0.462 e.